The summed E-state index contributed by atoms with van der Waals surface area (Å²) >= 11 is 1.13. The van der Waals surface area contributed by atoms with E-state index in [1.54, 1.807) is 5.38 Å². The molecular weight excluding hydrogens is 339 g/mol. The third kappa shape index (κ3) is 4.49. The third-order valence-corrected chi connectivity index (χ3v) is 5.98. The van der Waals surface area contributed by atoms with E-state index in [0.717, 1.165) is 17.4 Å². The molecule has 0 saturated carbocycles. The minimum atomic E-state index is -3.88. The highest BCUT2D eigenvalue weighted by Crippen LogP contribution is 2.25. The number of hydrogen-bond acceptors (Lipinski definition) is 5. The lowest BCUT2D eigenvalue weighted by molar-refractivity contribution is 0.0319. The van der Waals surface area contributed by atoms with Gasteiger partial charge in [-0.2, -0.15) is 0 Å². The van der Waals surface area contributed by atoms with Crippen molar-refractivity contribution >= 4 is 26.5 Å². The minimum Gasteiger partial charge on any atom is -0.390 e. The highest BCUT2D eigenvalue weighted by atomic mass is 32.2. The summed E-state index contributed by atoms with van der Waals surface area (Å²) in [6, 6.07) is 4.77. The van der Waals surface area contributed by atoms with Crippen molar-refractivity contribution in [2.24, 2.45) is 0 Å². The van der Waals surface area contributed by atoms with Crippen LogP contribution in [0.5, 0.6) is 0 Å². The van der Waals surface area contributed by atoms with Crippen LogP contribution in [-0.2, 0) is 16.4 Å². The van der Waals surface area contributed by atoms with Crippen LogP contribution in [0, 0.1) is 5.82 Å². The zero-order valence-electron chi connectivity index (χ0n) is 12.9. The first-order chi connectivity index (χ1) is 10.8. The van der Waals surface area contributed by atoms with E-state index in [2.05, 4.69) is 9.71 Å². The van der Waals surface area contributed by atoms with Crippen LogP contribution in [-0.4, -0.2) is 24.1 Å². The number of aromatic nitrogens is 1. The maximum absolute atomic E-state index is 13.2. The molecule has 1 aromatic heterocycles. The molecule has 0 aliphatic heterocycles. The summed E-state index contributed by atoms with van der Waals surface area (Å²) in [6.07, 6.45) is 1.54. The van der Waals surface area contributed by atoms with Gasteiger partial charge in [0.15, 0.2) is 5.13 Å². The van der Waals surface area contributed by atoms with Crippen LogP contribution < -0.4 is 4.72 Å². The van der Waals surface area contributed by atoms with Crippen LogP contribution in [0.15, 0.2) is 34.5 Å². The highest BCUT2D eigenvalue weighted by molar-refractivity contribution is 7.93. The van der Waals surface area contributed by atoms with Crippen molar-refractivity contribution in [2.75, 3.05) is 4.72 Å². The molecule has 8 heteroatoms. The molecular formula is C15H19FN2O3S2. The SMILES string of the molecule is CCC(O)(CC)Cc1csc(NS(=O)(=O)c2cccc(F)c2)n1. The number of nitrogens with one attached hydrogen (secondary N) is 1. The average molecular weight is 358 g/mol. The zero-order chi connectivity index (χ0) is 17.1. The van der Waals surface area contributed by atoms with E-state index in [9.17, 15) is 17.9 Å². The van der Waals surface area contributed by atoms with Crippen LogP contribution in [0.2, 0.25) is 0 Å². The quantitative estimate of drug-likeness (QED) is 0.797. The lowest BCUT2D eigenvalue weighted by atomic mass is 9.92. The Labute approximate surface area is 139 Å². The maximum Gasteiger partial charge on any atom is 0.263 e. The molecule has 1 heterocycles. The molecule has 0 amide bonds. The fourth-order valence-electron chi connectivity index (χ4n) is 2.08. The lowest BCUT2D eigenvalue weighted by Gasteiger charge is -2.23. The Morgan fingerprint density at radius 1 is 1.35 bits per heavy atom. The van der Waals surface area contributed by atoms with Gasteiger partial charge in [-0.25, -0.2) is 17.8 Å². The summed E-state index contributed by atoms with van der Waals surface area (Å²) in [6.45, 7) is 3.78. The number of aliphatic hydroxyl groups is 1. The van der Waals surface area contributed by atoms with Crippen LogP contribution in [0.3, 0.4) is 0 Å². The van der Waals surface area contributed by atoms with E-state index in [1.165, 1.54) is 18.2 Å². The molecule has 0 aliphatic rings. The van der Waals surface area contributed by atoms with E-state index in [1.807, 2.05) is 13.8 Å². The van der Waals surface area contributed by atoms with Gasteiger partial charge in [0.1, 0.15) is 5.82 Å². The van der Waals surface area contributed by atoms with Gasteiger partial charge in [0.25, 0.3) is 10.0 Å². The van der Waals surface area contributed by atoms with E-state index < -0.39 is 21.4 Å². The standard InChI is InChI=1S/C15H19FN2O3S2/c1-3-15(19,4-2)9-12-10-22-14(17-12)18-23(20,21)13-7-5-6-11(16)8-13/h5-8,10,19H,3-4,9H2,1-2H3,(H,17,18). The van der Waals surface area contributed by atoms with E-state index >= 15 is 0 Å². The van der Waals surface area contributed by atoms with Crippen molar-refractivity contribution < 1.29 is 17.9 Å². The predicted molar refractivity (Wildman–Crippen MR) is 88.6 cm³/mol. The third-order valence-electron chi connectivity index (χ3n) is 3.71. The Hall–Kier alpha value is -1.51. The first-order valence-electron chi connectivity index (χ1n) is 7.23. The van der Waals surface area contributed by atoms with E-state index in [-0.39, 0.29) is 10.0 Å². The molecule has 2 aromatic rings. The summed E-state index contributed by atoms with van der Waals surface area (Å²) in [7, 11) is -3.88. The number of anilines is 1. The van der Waals surface area contributed by atoms with Gasteiger partial charge in [-0.3, -0.25) is 4.72 Å². The van der Waals surface area contributed by atoms with Crippen molar-refractivity contribution in [1.29, 1.82) is 0 Å². The molecule has 23 heavy (non-hydrogen) atoms. The second kappa shape index (κ2) is 6.94. The normalized spacial score (nSPS) is 12.3. The van der Waals surface area contributed by atoms with Crippen molar-refractivity contribution in [1.82, 2.24) is 4.98 Å². The lowest BCUT2D eigenvalue weighted by Crippen LogP contribution is -2.29. The fourth-order valence-corrected chi connectivity index (χ4v) is 4.07. The van der Waals surface area contributed by atoms with Crippen LogP contribution >= 0.6 is 11.3 Å². The molecule has 2 rings (SSSR count). The molecule has 0 atom stereocenters. The number of hydrogen-bond donors (Lipinski definition) is 2. The van der Waals surface area contributed by atoms with Crippen molar-refractivity contribution in [2.45, 2.75) is 43.6 Å². The first kappa shape index (κ1) is 17.8. The van der Waals surface area contributed by atoms with Crippen LogP contribution in [0.4, 0.5) is 9.52 Å². The molecule has 0 radical (unpaired) electrons. The van der Waals surface area contributed by atoms with Crippen LogP contribution in [0.25, 0.3) is 0 Å². The number of benzene rings is 1. The summed E-state index contributed by atoms with van der Waals surface area (Å²) in [5.74, 6) is -0.622. The summed E-state index contributed by atoms with van der Waals surface area (Å²) in [5, 5.41) is 12.2. The monoisotopic (exact) mass is 358 g/mol. The van der Waals surface area contributed by atoms with Gasteiger partial charge in [-0.05, 0) is 31.0 Å². The van der Waals surface area contributed by atoms with Gasteiger partial charge in [-0.1, -0.05) is 19.9 Å². The Kier molecular flexibility index (Phi) is 5.38. The molecule has 1 aromatic carbocycles. The van der Waals surface area contributed by atoms with Gasteiger partial charge in [-0.15, -0.1) is 11.3 Å². The largest absolute Gasteiger partial charge is 0.390 e. The molecule has 0 unspecified atom stereocenters. The van der Waals surface area contributed by atoms with Crippen molar-refractivity contribution in [3.8, 4) is 0 Å². The molecule has 0 fully saturated rings. The molecule has 126 valence electrons. The van der Waals surface area contributed by atoms with Gasteiger partial charge in [0.05, 0.1) is 16.2 Å². The molecule has 2 N–H and O–H groups in total. The molecule has 5 nitrogen and oxygen atoms in total. The first-order valence-corrected chi connectivity index (χ1v) is 9.59. The number of nitrogens with zero attached hydrogens (tertiary/aromatic N) is 1. The highest BCUT2D eigenvalue weighted by Gasteiger charge is 2.24. The summed E-state index contributed by atoms with van der Waals surface area (Å²) in [5.41, 5.74) is -0.217. The summed E-state index contributed by atoms with van der Waals surface area (Å²) in [4.78, 5) is 4.04. The van der Waals surface area contributed by atoms with Gasteiger partial charge >= 0.3 is 0 Å². The molecule has 0 spiro atoms. The Morgan fingerprint density at radius 2 is 2.04 bits per heavy atom. The number of thiazole rings is 1. The smallest absolute Gasteiger partial charge is 0.263 e. The Balaban J connectivity index is 2.15. The predicted octanol–water partition coefficient (Wildman–Crippen LogP) is 3.18. The Bertz CT molecular complexity index is 771. The van der Waals surface area contributed by atoms with E-state index in [4.69, 9.17) is 0 Å². The minimum absolute atomic E-state index is 0.159. The summed E-state index contributed by atoms with van der Waals surface area (Å²) < 4.78 is 39.9. The van der Waals surface area contributed by atoms with Gasteiger partial charge in [0, 0.05) is 11.8 Å². The van der Waals surface area contributed by atoms with Gasteiger partial charge < -0.3 is 5.11 Å². The second-order valence-electron chi connectivity index (χ2n) is 5.32. The van der Waals surface area contributed by atoms with Crippen LogP contribution in [0.1, 0.15) is 32.4 Å². The van der Waals surface area contributed by atoms with Gasteiger partial charge in [0.2, 0.25) is 0 Å². The second-order valence-corrected chi connectivity index (χ2v) is 7.86. The average Bonchev–Trinajstić information content (AvgIpc) is 2.93. The maximum atomic E-state index is 13.2. The Morgan fingerprint density at radius 3 is 2.65 bits per heavy atom. The number of rotatable bonds is 7. The number of halogens is 1. The molecule has 0 aliphatic carbocycles. The van der Waals surface area contributed by atoms with Crippen molar-refractivity contribution in [3.63, 3.8) is 0 Å². The van der Waals surface area contributed by atoms with Crippen molar-refractivity contribution in [3.05, 3.63) is 41.2 Å². The fraction of sp³-hybridized carbons (Fsp3) is 0.400. The molecule has 0 bridgehead atoms. The zero-order valence-corrected chi connectivity index (χ0v) is 14.5. The van der Waals surface area contributed by atoms with E-state index in [0.29, 0.717) is 25.0 Å². The topological polar surface area (TPSA) is 79.3 Å². The molecule has 0 saturated heterocycles. The number of sulfonamides is 1.